The first-order valence-electron chi connectivity index (χ1n) is 24.1. The van der Waals surface area contributed by atoms with Crippen LogP contribution in [0.4, 0.5) is 22.7 Å². The van der Waals surface area contributed by atoms with Crippen LogP contribution in [-0.2, 0) is 10.8 Å². The molecule has 1 radical (unpaired) electrons. The van der Waals surface area contributed by atoms with Gasteiger partial charge in [-0.25, -0.2) is 0 Å². The van der Waals surface area contributed by atoms with Gasteiger partial charge in [-0.1, -0.05) is 130 Å². The molecule has 0 saturated heterocycles. The van der Waals surface area contributed by atoms with E-state index in [1.807, 2.05) is 11.3 Å². The van der Waals surface area contributed by atoms with Gasteiger partial charge in [0.1, 0.15) is 5.76 Å². The highest BCUT2D eigenvalue weighted by molar-refractivity contribution is 14.1. The second kappa shape index (κ2) is 15.8. The summed E-state index contributed by atoms with van der Waals surface area (Å²) in [6, 6.07) is 47.6. The summed E-state index contributed by atoms with van der Waals surface area (Å²) >= 11 is 4.36. The fraction of sp³-hybridized carbons (Fsp3) is 0.213. The maximum Gasteiger partial charge on any atom is 0.197 e. The number of benzene rings is 7. The van der Waals surface area contributed by atoms with E-state index in [1.165, 1.54) is 96.5 Å². The molecule has 7 heteroatoms. The van der Waals surface area contributed by atoms with Crippen LogP contribution in [0, 0.1) is 10.5 Å². The van der Waals surface area contributed by atoms with Crippen molar-refractivity contribution < 1.29 is 9.47 Å². The van der Waals surface area contributed by atoms with Gasteiger partial charge < -0.3 is 19.7 Å². The van der Waals surface area contributed by atoms with E-state index in [9.17, 15) is 0 Å². The number of hydrogen-bond acceptors (Lipinski definition) is 5. The van der Waals surface area contributed by atoms with E-state index in [0.717, 1.165) is 65.5 Å². The number of ether oxygens (including phenoxy) is 2. The molecule has 0 saturated carbocycles. The summed E-state index contributed by atoms with van der Waals surface area (Å²) in [5.74, 6) is 3.24. The molecule has 5 aliphatic rings. The Morgan fingerprint density at radius 1 is 0.750 bits per heavy atom. The van der Waals surface area contributed by atoms with Gasteiger partial charge in [0.2, 0.25) is 0 Å². The molecule has 1 atom stereocenters. The number of hydrogen-bond donors (Lipinski definition) is 1. The van der Waals surface area contributed by atoms with E-state index in [4.69, 9.17) is 9.47 Å². The van der Waals surface area contributed by atoms with Crippen LogP contribution in [0.25, 0.3) is 43.8 Å². The third kappa shape index (κ3) is 6.74. The molecule has 3 aliphatic carbocycles. The number of nitrogens with zero attached hydrogens (tertiary/aromatic N) is 1. The van der Waals surface area contributed by atoms with Crippen LogP contribution in [0.5, 0.6) is 11.5 Å². The Kier molecular flexibility index (Phi) is 9.76. The summed E-state index contributed by atoms with van der Waals surface area (Å²) in [5, 5.41) is 9.36. The first kappa shape index (κ1) is 42.1. The molecule has 0 bridgehead atoms. The van der Waals surface area contributed by atoms with Gasteiger partial charge in [0.05, 0.1) is 4.53 Å². The minimum absolute atomic E-state index is 0.00118. The molecule has 1 aromatic heterocycles. The molecule has 2 aliphatic heterocycles. The molecule has 7 aromatic carbocycles. The summed E-state index contributed by atoms with van der Waals surface area (Å²) in [6.45, 7) is 12.0. The topological polar surface area (TPSA) is 33.7 Å². The van der Waals surface area contributed by atoms with Gasteiger partial charge in [0, 0.05) is 66.1 Å². The van der Waals surface area contributed by atoms with E-state index in [1.54, 1.807) is 0 Å². The average Bonchev–Trinajstić information content (AvgIpc) is 3.73. The Bertz CT molecular complexity index is 3660. The number of halogens is 1. The number of aryl methyl sites for hydroxylation is 1. The fourth-order valence-electron chi connectivity index (χ4n) is 11.7. The van der Waals surface area contributed by atoms with Crippen molar-refractivity contribution in [3.63, 3.8) is 0 Å². The van der Waals surface area contributed by atoms with Gasteiger partial charge in [-0.2, -0.15) is 0 Å². The predicted octanol–water partition coefficient (Wildman–Crippen LogP) is 13.9. The highest BCUT2D eigenvalue weighted by Crippen LogP contribution is 2.52. The number of rotatable bonds is 5. The zero-order valence-electron chi connectivity index (χ0n) is 39.1. The minimum atomic E-state index is 0.00118. The second-order valence-electron chi connectivity index (χ2n) is 20.6. The lowest BCUT2D eigenvalue weighted by Gasteiger charge is -2.44. The number of allylic oxidation sites excluding steroid dienone is 3. The van der Waals surface area contributed by atoms with Gasteiger partial charge in [-0.05, 0) is 158 Å². The summed E-state index contributed by atoms with van der Waals surface area (Å²) in [5.41, 5.74) is 16.2. The molecule has 13 rings (SSSR count). The van der Waals surface area contributed by atoms with Gasteiger partial charge in [0.15, 0.2) is 24.5 Å². The standard InChI is InChI=1S/C61H51BIN2O2S/c1-35-29-44-45(61(4,5)28-27-60(44,2)3)32-48(35)65-49-34-54-53(66-51-20-12-13-21-52(51)67-54)33-46(49)62-57-50(65)30-37-17-9-10-18-39(37)56(57)42-25-24-41-40-19-11-14-22-55(40)68-59(41)58(42)64-47-26-23-38(63)31-43(47)36-15-7-6-8-16-36/h6-11,13-19,21-24,26,29-34,42,64H,12,20,25,27-28H2,1-5H3. The Balaban J connectivity index is 1.08. The number of anilines is 4. The Hall–Kier alpha value is -6.03. The van der Waals surface area contributed by atoms with Crippen molar-refractivity contribution in [1.82, 2.24) is 0 Å². The van der Waals surface area contributed by atoms with Crippen molar-refractivity contribution >= 4 is 108 Å². The Labute approximate surface area is 417 Å². The molecular formula is C61H51BIN2O2S. The quantitative estimate of drug-likeness (QED) is 0.138. The van der Waals surface area contributed by atoms with E-state index < -0.39 is 0 Å². The lowest BCUT2D eigenvalue weighted by atomic mass is 9.56. The zero-order chi connectivity index (χ0) is 46.1. The van der Waals surface area contributed by atoms with E-state index in [2.05, 4.69) is 220 Å². The maximum atomic E-state index is 6.75. The summed E-state index contributed by atoms with van der Waals surface area (Å²) < 4.78 is 17.3. The smallest absolute Gasteiger partial charge is 0.197 e. The van der Waals surface area contributed by atoms with E-state index in [-0.39, 0.29) is 16.7 Å². The van der Waals surface area contributed by atoms with Crippen molar-refractivity contribution in [3.05, 3.63) is 187 Å². The van der Waals surface area contributed by atoms with Crippen molar-refractivity contribution in [2.75, 3.05) is 10.2 Å². The molecule has 0 spiro atoms. The average molecular weight is 1010 g/mol. The number of nitrogens with one attached hydrogen (secondary N) is 1. The zero-order valence-corrected chi connectivity index (χ0v) is 42.1. The van der Waals surface area contributed by atoms with Gasteiger partial charge in [-0.15, -0.1) is 11.3 Å². The summed E-state index contributed by atoms with van der Waals surface area (Å²) in [6.07, 6.45) is 11.7. The molecule has 1 unspecified atom stereocenters. The largest absolute Gasteiger partial charge is 0.454 e. The van der Waals surface area contributed by atoms with Crippen molar-refractivity contribution in [2.45, 2.75) is 83.5 Å². The lowest BCUT2D eigenvalue weighted by molar-refractivity contribution is 0.290. The van der Waals surface area contributed by atoms with Crippen LogP contribution in [0.3, 0.4) is 0 Å². The summed E-state index contributed by atoms with van der Waals surface area (Å²) in [7, 11) is 2.45. The molecule has 8 aromatic rings. The first-order valence-corrected chi connectivity index (χ1v) is 26.0. The third-order valence-corrected chi connectivity index (χ3v) is 17.3. The Morgan fingerprint density at radius 2 is 1.50 bits per heavy atom. The number of fused-ring (bicyclic) bond motifs is 8. The molecule has 3 heterocycles. The van der Waals surface area contributed by atoms with Gasteiger partial charge in [0.25, 0.3) is 0 Å². The molecule has 333 valence electrons. The highest BCUT2D eigenvalue weighted by Gasteiger charge is 2.40. The van der Waals surface area contributed by atoms with Crippen molar-refractivity contribution in [1.29, 1.82) is 0 Å². The molecular weight excluding hydrogens is 962 g/mol. The van der Waals surface area contributed by atoms with Crippen molar-refractivity contribution in [2.24, 2.45) is 0 Å². The molecule has 0 fully saturated rings. The lowest BCUT2D eigenvalue weighted by Crippen LogP contribution is -2.44. The fourth-order valence-corrected chi connectivity index (χ4v) is 13.4. The second-order valence-corrected chi connectivity index (χ2v) is 22.9. The molecule has 68 heavy (non-hydrogen) atoms. The number of thiophene rings is 1. The summed E-state index contributed by atoms with van der Waals surface area (Å²) in [4.78, 5) is 2.56. The maximum absolute atomic E-state index is 6.75. The predicted molar refractivity (Wildman–Crippen MR) is 295 cm³/mol. The Morgan fingerprint density at radius 3 is 2.34 bits per heavy atom. The van der Waals surface area contributed by atoms with Crippen LogP contribution in [0.15, 0.2) is 151 Å². The van der Waals surface area contributed by atoms with Crippen LogP contribution in [0.2, 0.25) is 0 Å². The normalized spacial score (nSPS) is 18.2. The van der Waals surface area contributed by atoms with Gasteiger partial charge >= 0.3 is 0 Å². The highest BCUT2D eigenvalue weighted by atomic mass is 127. The van der Waals surface area contributed by atoms with Crippen LogP contribution < -0.4 is 40.4 Å². The van der Waals surface area contributed by atoms with E-state index >= 15 is 0 Å². The van der Waals surface area contributed by atoms with Crippen LogP contribution in [0.1, 0.15) is 88.0 Å². The third-order valence-electron chi connectivity index (χ3n) is 15.4. The first-order chi connectivity index (χ1) is 33.0. The molecule has 1 N–H and O–H groups in total. The molecule has 0 amide bonds. The van der Waals surface area contributed by atoms with Gasteiger partial charge in [-0.3, -0.25) is 0 Å². The molecule has 4 nitrogen and oxygen atoms in total. The SMILES string of the molecule is Cc1cc2c(cc1N1c3cc4c(cc3[B]c3c1cc1ccccc1c3C1CC=c3c(sc5ccccc35)=C1Nc1ccc(I)cc1-c1ccccc1)OC1=C(C=CCC1)O4)C(C)(C)CCC2(C)C. The van der Waals surface area contributed by atoms with Crippen molar-refractivity contribution in [3.8, 4) is 22.6 Å². The van der Waals surface area contributed by atoms with E-state index in [0.29, 0.717) is 0 Å². The minimum Gasteiger partial charge on any atom is -0.454 e. The van der Waals surface area contributed by atoms with Crippen LogP contribution in [-0.4, -0.2) is 7.28 Å². The monoisotopic (exact) mass is 1010 g/mol. The van der Waals surface area contributed by atoms with Crippen LogP contribution >= 0.6 is 33.9 Å².